The van der Waals surface area contributed by atoms with Gasteiger partial charge in [0.25, 0.3) is 0 Å². The van der Waals surface area contributed by atoms with Gasteiger partial charge in [0.2, 0.25) is 0 Å². The Bertz CT molecular complexity index is 425. The van der Waals surface area contributed by atoms with Crippen molar-refractivity contribution in [3.05, 3.63) is 35.4 Å². The first-order valence-electron chi connectivity index (χ1n) is 6.94. The molecule has 0 bridgehead atoms. The number of benzene rings is 1. The third-order valence-electron chi connectivity index (χ3n) is 2.79. The minimum absolute atomic E-state index is 0.201. The van der Waals surface area contributed by atoms with Gasteiger partial charge in [-0.3, -0.25) is 0 Å². The number of hydrogen-bond acceptors (Lipinski definition) is 2. The van der Waals surface area contributed by atoms with Gasteiger partial charge in [-0.2, -0.15) is 0 Å². The molecular weight excluding hydrogens is 236 g/mol. The molecular formula is C17H26O2. The van der Waals surface area contributed by atoms with E-state index < -0.39 is 5.60 Å². The van der Waals surface area contributed by atoms with E-state index in [9.17, 15) is 5.11 Å². The molecule has 19 heavy (non-hydrogen) atoms. The van der Waals surface area contributed by atoms with Crippen LogP contribution >= 0.6 is 0 Å². The van der Waals surface area contributed by atoms with Crippen molar-refractivity contribution in [2.45, 2.75) is 59.2 Å². The molecule has 0 saturated carbocycles. The minimum atomic E-state index is -0.588. The van der Waals surface area contributed by atoms with Crippen LogP contribution in [0.1, 0.15) is 51.7 Å². The van der Waals surface area contributed by atoms with E-state index >= 15 is 0 Å². The smallest absolute Gasteiger partial charge is 0.122 e. The van der Waals surface area contributed by atoms with Gasteiger partial charge < -0.3 is 9.84 Å². The van der Waals surface area contributed by atoms with Crippen LogP contribution in [-0.4, -0.2) is 16.8 Å². The zero-order valence-corrected chi connectivity index (χ0v) is 12.7. The van der Waals surface area contributed by atoms with Crippen LogP contribution < -0.4 is 4.74 Å². The largest absolute Gasteiger partial charge is 0.491 e. The Kier molecular flexibility index (Phi) is 5.61. The van der Waals surface area contributed by atoms with Crippen molar-refractivity contribution in [3.8, 4) is 5.75 Å². The highest BCUT2D eigenvalue weighted by atomic mass is 16.5. The summed E-state index contributed by atoms with van der Waals surface area (Å²) in [5, 5.41) is 9.63. The summed E-state index contributed by atoms with van der Waals surface area (Å²) in [5.41, 5.74) is 1.73. The molecule has 2 heteroatoms. The molecule has 0 aliphatic carbocycles. The van der Waals surface area contributed by atoms with Gasteiger partial charge in [-0.25, -0.2) is 0 Å². The van der Waals surface area contributed by atoms with Crippen LogP contribution in [0.3, 0.4) is 0 Å². The predicted octanol–water partition coefficient (Wildman–Crippen LogP) is 4.35. The average molecular weight is 262 g/mol. The van der Waals surface area contributed by atoms with Gasteiger partial charge in [0.05, 0.1) is 11.7 Å². The van der Waals surface area contributed by atoms with Crippen LogP contribution in [0.2, 0.25) is 0 Å². The van der Waals surface area contributed by atoms with E-state index in [0.29, 0.717) is 0 Å². The van der Waals surface area contributed by atoms with Crippen LogP contribution in [0.4, 0.5) is 0 Å². The van der Waals surface area contributed by atoms with Crippen LogP contribution in [0, 0.1) is 6.92 Å². The van der Waals surface area contributed by atoms with Crippen LogP contribution in [0.5, 0.6) is 5.75 Å². The van der Waals surface area contributed by atoms with E-state index in [4.69, 9.17) is 4.74 Å². The zero-order chi connectivity index (χ0) is 14.5. The molecule has 0 aliphatic rings. The molecule has 0 amide bonds. The summed E-state index contributed by atoms with van der Waals surface area (Å²) in [5.74, 6) is 0.948. The minimum Gasteiger partial charge on any atom is -0.491 e. The molecule has 106 valence electrons. The molecule has 0 aromatic heterocycles. The summed E-state index contributed by atoms with van der Waals surface area (Å²) in [4.78, 5) is 0. The molecule has 1 aromatic carbocycles. The second-order valence-electron chi connectivity index (χ2n) is 5.95. The fourth-order valence-corrected chi connectivity index (χ4v) is 1.82. The first kappa shape index (κ1) is 15.8. The summed E-state index contributed by atoms with van der Waals surface area (Å²) < 4.78 is 5.71. The molecule has 1 aromatic rings. The van der Waals surface area contributed by atoms with Crippen molar-refractivity contribution < 1.29 is 9.84 Å². The van der Waals surface area contributed by atoms with Gasteiger partial charge in [-0.15, -0.1) is 0 Å². The molecule has 0 spiro atoms. The molecule has 0 radical (unpaired) electrons. The Morgan fingerprint density at radius 3 is 2.53 bits per heavy atom. The summed E-state index contributed by atoms with van der Waals surface area (Å²) in [7, 11) is 0. The van der Waals surface area contributed by atoms with Gasteiger partial charge in [-0.05, 0) is 70.7 Å². The summed E-state index contributed by atoms with van der Waals surface area (Å²) in [6.45, 7) is 9.80. The molecule has 0 atom stereocenters. The molecule has 0 fully saturated rings. The SMILES string of the molecule is Cc1cc(/C=C/CCC(C)(C)O)ccc1OC(C)C. The fraction of sp³-hybridized carbons (Fsp3) is 0.529. The lowest BCUT2D eigenvalue weighted by Gasteiger charge is -2.15. The van der Waals surface area contributed by atoms with Crippen molar-refractivity contribution in [1.82, 2.24) is 0 Å². The lowest BCUT2D eigenvalue weighted by atomic mass is 10.0. The quantitative estimate of drug-likeness (QED) is 0.826. The second kappa shape index (κ2) is 6.76. The van der Waals surface area contributed by atoms with Crippen LogP contribution in [-0.2, 0) is 0 Å². The molecule has 0 saturated heterocycles. The van der Waals surface area contributed by atoms with Crippen LogP contribution in [0.15, 0.2) is 24.3 Å². The number of aliphatic hydroxyl groups is 1. The van der Waals surface area contributed by atoms with E-state index in [2.05, 4.69) is 31.2 Å². The van der Waals surface area contributed by atoms with Gasteiger partial charge in [0.15, 0.2) is 0 Å². The standard InChI is InChI=1S/C17H26O2/c1-13(2)19-16-10-9-15(12-14(16)3)8-6-7-11-17(4,5)18/h6,8-10,12-13,18H,7,11H2,1-5H3/b8-6+. The molecule has 0 aliphatic heterocycles. The van der Waals surface area contributed by atoms with Crippen molar-refractivity contribution in [2.24, 2.45) is 0 Å². The van der Waals surface area contributed by atoms with E-state index in [-0.39, 0.29) is 6.10 Å². The highest BCUT2D eigenvalue weighted by Gasteiger charge is 2.09. The molecule has 2 nitrogen and oxygen atoms in total. The maximum atomic E-state index is 9.63. The van der Waals surface area contributed by atoms with E-state index in [1.807, 2.05) is 33.8 Å². The lowest BCUT2D eigenvalue weighted by Crippen LogP contribution is -2.17. The fourth-order valence-electron chi connectivity index (χ4n) is 1.82. The maximum Gasteiger partial charge on any atom is 0.122 e. The average Bonchev–Trinajstić information content (AvgIpc) is 2.26. The zero-order valence-electron chi connectivity index (χ0n) is 12.7. The highest BCUT2D eigenvalue weighted by molar-refractivity contribution is 5.53. The lowest BCUT2D eigenvalue weighted by molar-refractivity contribution is 0.0722. The third kappa shape index (κ3) is 6.44. The van der Waals surface area contributed by atoms with E-state index in [1.54, 1.807) is 0 Å². The Balaban J connectivity index is 2.61. The van der Waals surface area contributed by atoms with Gasteiger partial charge in [0, 0.05) is 0 Å². The molecule has 0 heterocycles. The first-order valence-corrected chi connectivity index (χ1v) is 6.94. The van der Waals surface area contributed by atoms with Crippen molar-refractivity contribution in [3.63, 3.8) is 0 Å². The summed E-state index contributed by atoms with van der Waals surface area (Å²) in [6.07, 6.45) is 6.06. The monoisotopic (exact) mass is 262 g/mol. The Hall–Kier alpha value is -1.28. The number of ether oxygens (including phenoxy) is 1. The van der Waals surface area contributed by atoms with Gasteiger partial charge in [0.1, 0.15) is 5.75 Å². The molecule has 1 rings (SSSR count). The van der Waals surface area contributed by atoms with E-state index in [0.717, 1.165) is 24.2 Å². The van der Waals surface area contributed by atoms with Gasteiger partial charge >= 0.3 is 0 Å². The third-order valence-corrected chi connectivity index (χ3v) is 2.79. The first-order chi connectivity index (χ1) is 8.78. The Labute approximate surface area is 117 Å². The molecule has 1 N–H and O–H groups in total. The Morgan fingerprint density at radius 2 is 2.00 bits per heavy atom. The number of allylic oxidation sites excluding steroid dienone is 1. The topological polar surface area (TPSA) is 29.5 Å². The van der Waals surface area contributed by atoms with Crippen LogP contribution in [0.25, 0.3) is 6.08 Å². The van der Waals surface area contributed by atoms with Crippen molar-refractivity contribution in [2.75, 3.05) is 0 Å². The van der Waals surface area contributed by atoms with Crippen molar-refractivity contribution >= 4 is 6.08 Å². The molecule has 0 unspecified atom stereocenters. The van der Waals surface area contributed by atoms with Gasteiger partial charge in [-0.1, -0.05) is 18.2 Å². The summed E-state index contributed by atoms with van der Waals surface area (Å²) in [6, 6.07) is 6.20. The number of rotatable bonds is 6. The van der Waals surface area contributed by atoms with Crippen molar-refractivity contribution in [1.29, 1.82) is 0 Å². The maximum absolute atomic E-state index is 9.63. The normalized spacial score (nSPS) is 12.4. The Morgan fingerprint density at radius 1 is 1.32 bits per heavy atom. The number of hydrogen-bond donors (Lipinski definition) is 1. The number of aryl methyl sites for hydroxylation is 1. The second-order valence-corrected chi connectivity index (χ2v) is 5.95. The van der Waals surface area contributed by atoms with E-state index in [1.165, 1.54) is 5.56 Å². The summed E-state index contributed by atoms with van der Waals surface area (Å²) >= 11 is 0. The highest BCUT2D eigenvalue weighted by Crippen LogP contribution is 2.21. The predicted molar refractivity (Wildman–Crippen MR) is 81.5 cm³/mol.